The van der Waals surface area contributed by atoms with E-state index in [9.17, 15) is 4.79 Å². The van der Waals surface area contributed by atoms with Crippen LogP contribution in [0, 0.1) is 0 Å². The summed E-state index contributed by atoms with van der Waals surface area (Å²) >= 11 is 3.33. The van der Waals surface area contributed by atoms with Crippen molar-refractivity contribution in [3.8, 4) is 11.5 Å². The molecule has 2 rings (SSSR count). The average molecular weight is 391 g/mol. The predicted molar refractivity (Wildman–Crippen MR) is 98.0 cm³/mol. The fourth-order valence-electron chi connectivity index (χ4n) is 1.98. The molecule has 0 atom stereocenters. The van der Waals surface area contributed by atoms with Gasteiger partial charge in [0.25, 0.3) is 5.91 Å². The Morgan fingerprint density at radius 2 is 1.83 bits per heavy atom. The standard InChI is InChI=1S/C18H19BrN2O3/c1-3-23-16-10-7-14(17(11-16)24-4-2)12-20-21-18(22)13-5-8-15(19)9-6-13/h5-12H,3-4H2,1-2H3,(H,21,22)/b20-12-. The van der Waals surface area contributed by atoms with E-state index in [1.807, 2.05) is 32.0 Å². The minimum Gasteiger partial charge on any atom is -0.494 e. The molecule has 0 aromatic heterocycles. The Balaban J connectivity index is 2.07. The van der Waals surface area contributed by atoms with Crippen LogP contribution in [-0.2, 0) is 0 Å². The molecule has 0 fully saturated rings. The summed E-state index contributed by atoms with van der Waals surface area (Å²) in [6.07, 6.45) is 1.55. The first-order valence-electron chi connectivity index (χ1n) is 7.62. The molecule has 6 heteroatoms. The Morgan fingerprint density at radius 3 is 2.50 bits per heavy atom. The first-order valence-corrected chi connectivity index (χ1v) is 8.42. The van der Waals surface area contributed by atoms with Crippen LogP contribution in [0.25, 0.3) is 0 Å². The molecule has 0 aliphatic carbocycles. The maximum absolute atomic E-state index is 12.0. The molecule has 0 aliphatic heterocycles. The van der Waals surface area contributed by atoms with Crippen LogP contribution in [0.15, 0.2) is 52.0 Å². The zero-order valence-electron chi connectivity index (χ0n) is 13.6. The summed E-state index contributed by atoms with van der Waals surface area (Å²) in [6, 6.07) is 12.5. The van der Waals surface area contributed by atoms with Crippen LogP contribution in [0.3, 0.4) is 0 Å². The molecule has 0 saturated carbocycles. The van der Waals surface area contributed by atoms with Gasteiger partial charge >= 0.3 is 0 Å². The van der Waals surface area contributed by atoms with Crippen molar-refractivity contribution in [3.63, 3.8) is 0 Å². The number of carbonyl (C=O) groups excluding carboxylic acids is 1. The molecule has 0 unspecified atom stereocenters. The Labute approximate surface area is 149 Å². The molecule has 126 valence electrons. The molecule has 5 nitrogen and oxygen atoms in total. The first kappa shape index (κ1) is 18.0. The third-order valence-electron chi connectivity index (χ3n) is 3.07. The van der Waals surface area contributed by atoms with Gasteiger partial charge in [-0.3, -0.25) is 4.79 Å². The minimum atomic E-state index is -0.275. The largest absolute Gasteiger partial charge is 0.494 e. The number of hydrogen-bond donors (Lipinski definition) is 1. The normalized spacial score (nSPS) is 10.6. The van der Waals surface area contributed by atoms with Gasteiger partial charge in [0.05, 0.1) is 19.4 Å². The Kier molecular flexibility index (Phi) is 6.81. The Bertz CT molecular complexity index is 715. The van der Waals surface area contributed by atoms with E-state index in [0.717, 1.165) is 15.8 Å². The van der Waals surface area contributed by atoms with Gasteiger partial charge in [-0.2, -0.15) is 5.10 Å². The van der Waals surface area contributed by atoms with E-state index in [1.54, 1.807) is 30.5 Å². The number of hydrazone groups is 1. The van der Waals surface area contributed by atoms with Crippen molar-refractivity contribution in [2.45, 2.75) is 13.8 Å². The third-order valence-corrected chi connectivity index (χ3v) is 3.60. The van der Waals surface area contributed by atoms with Crippen molar-refractivity contribution in [2.24, 2.45) is 5.10 Å². The summed E-state index contributed by atoms with van der Waals surface area (Å²) in [5.74, 6) is 1.12. The second-order valence-electron chi connectivity index (χ2n) is 4.77. The van der Waals surface area contributed by atoms with Gasteiger partial charge in [0.1, 0.15) is 11.5 Å². The molecular formula is C18H19BrN2O3. The molecule has 24 heavy (non-hydrogen) atoms. The fourth-order valence-corrected chi connectivity index (χ4v) is 2.25. The van der Waals surface area contributed by atoms with Gasteiger partial charge < -0.3 is 9.47 Å². The number of amides is 1. The SMILES string of the molecule is CCOc1ccc(/C=N\NC(=O)c2ccc(Br)cc2)c(OCC)c1. The van der Waals surface area contributed by atoms with Crippen LogP contribution in [-0.4, -0.2) is 25.3 Å². The summed E-state index contributed by atoms with van der Waals surface area (Å²) in [4.78, 5) is 12.0. The number of nitrogens with one attached hydrogen (secondary N) is 1. The Morgan fingerprint density at radius 1 is 1.12 bits per heavy atom. The van der Waals surface area contributed by atoms with Crippen LogP contribution in [0.4, 0.5) is 0 Å². The predicted octanol–water partition coefficient (Wildman–Crippen LogP) is 4.01. The molecule has 0 saturated heterocycles. The lowest BCUT2D eigenvalue weighted by Gasteiger charge is -2.10. The highest BCUT2D eigenvalue weighted by Gasteiger charge is 2.06. The highest BCUT2D eigenvalue weighted by Crippen LogP contribution is 2.24. The number of rotatable bonds is 7. The van der Waals surface area contributed by atoms with Crippen LogP contribution in [0.2, 0.25) is 0 Å². The molecule has 1 N–H and O–H groups in total. The zero-order valence-corrected chi connectivity index (χ0v) is 15.2. The van der Waals surface area contributed by atoms with Gasteiger partial charge in [0, 0.05) is 21.7 Å². The molecule has 0 heterocycles. The van der Waals surface area contributed by atoms with Gasteiger partial charge in [0.15, 0.2) is 0 Å². The maximum atomic E-state index is 12.0. The number of hydrogen-bond acceptors (Lipinski definition) is 4. The number of benzene rings is 2. The summed E-state index contributed by atoms with van der Waals surface area (Å²) in [5.41, 5.74) is 3.80. The summed E-state index contributed by atoms with van der Waals surface area (Å²) in [6.45, 7) is 4.95. The van der Waals surface area contributed by atoms with Crippen molar-refractivity contribution in [3.05, 3.63) is 58.1 Å². The molecule has 2 aromatic carbocycles. The zero-order chi connectivity index (χ0) is 17.4. The quantitative estimate of drug-likeness (QED) is 0.573. The van der Waals surface area contributed by atoms with E-state index < -0.39 is 0 Å². The number of nitrogens with zero attached hydrogens (tertiary/aromatic N) is 1. The van der Waals surface area contributed by atoms with Gasteiger partial charge in [-0.25, -0.2) is 5.43 Å². The Hall–Kier alpha value is -2.34. The van der Waals surface area contributed by atoms with Crippen molar-refractivity contribution < 1.29 is 14.3 Å². The van der Waals surface area contributed by atoms with E-state index in [4.69, 9.17) is 9.47 Å². The van der Waals surface area contributed by atoms with Crippen molar-refractivity contribution in [1.29, 1.82) is 0 Å². The van der Waals surface area contributed by atoms with Gasteiger partial charge in [-0.15, -0.1) is 0 Å². The molecule has 1 amide bonds. The molecule has 2 aromatic rings. The van der Waals surface area contributed by atoms with Gasteiger partial charge in [-0.05, 0) is 50.2 Å². The second-order valence-corrected chi connectivity index (χ2v) is 5.69. The summed E-state index contributed by atoms with van der Waals surface area (Å²) in [5, 5.41) is 4.00. The second kappa shape index (κ2) is 9.08. The third kappa shape index (κ3) is 5.09. The van der Waals surface area contributed by atoms with Crippen molar-refractivity contribution in [1.82, 2.24) is 5.43 Å². The lowest BCUT2D eigenvalue weighted by Crippen LogP contribution is -2.17. The van der Waals surface area contributed by atoms with Crippen molar-refractivity contribution >= 4 is 28.1 Å². The average Bonchev–Trinajstić information content (AvgIpc) is 2.58. The lowest BCUT2D eigenvalue weighted by atomic mass is 10.2. The van der Waals surface area contributed by atoms with E-state index in [2.05, 4.69) is 26.5 Å². The topological polar surface area (TPSA) is 59.9 Å². The van der Waals surface area contributed by atoms with Crippen LogP contribution >= 0.6 is 15.9 Å². The van der Waals surface area contributed by atoms with E-state index in [1.165, 1.54) is 0 Å². The van der Waals surface area contributed by atoms with Gasteiger partial charge in [0.2, 0.25) is 0 Å². The maximum Gasteiger partial charge on any atom is 0.271 e. The smallest absolute Gasteiger partial charge is 0.271 e. The monoisotopic (exact) mass is 390 g/mol. The number of ether oxygens (including phenoxy) is 2. The highest BCUT2D eigenvalue weighted by atomic mass is 79.9. The molecular weight excluding hydrogens is 372 g/mol. The summed E-state index contributed by atoms with van der Waals surface area (Å²) in [7, 11) is 0. The highest BCUT2D eigenvalue weighted by molar-refractivity contribution is 9.10. The van der Waals surface area contributed by atoms with E-state index in [0.29, 0.717) is 24.5 Å². The van der Waals surface area contributed by atoms with E-state index in [-0.39, 0.29) is 5.91 Å². The summed E-state index contributed by atoms with van der Waals surface area (Å²) < 4.78 is 12.0. The molecule has 0 spiro atoms. The minimum absolute atomic E-state index is 0.275. The first-order chi connectivity index (χ1) is 11.6. The lowest BCUT2D eigenvalue weighted by molar-refractivity contribution is 0.0955. The number of carbonyl (C=O) groups is 1. The van der Waals surface area contributed by atoms with Crippen molar-refractivity contribution in [2.75, 3.05) is 13.2 Å². The number of halogens is 1. The van der Waals surface area contributed by atoms with Crippen LogP contribution < -0.4 is 14.9 Å². The van der Waals surface area contributed by atoms with Crippen LogP contribution in [0.1, 0.15) is 29.8 Å². The fraction of sp³-hybridized carbons (Fsp3) is 0.222. The molecule has 0 aliphatic rings. The van der Waals surface area contributed by atoms with Crippen LogP contribution in [0.5, 0.6) is 11.5 Å². The molecule has 0 bridgehead atoms. The van der Waals surface area contributed by atoms with E-state index >= 15 is 0 Å². The van der Waals surface area contributed by atoms with Gasteiger partial charge in [-0.1, -0.05) is 15.9 Å². The molecule has 0 radical (unpaired) electrons.